The number of aromatic nitrogens is 1. The Bertz CT molecular complexity index is 414. The molecule has 0 saturated carbocycles. The van der Waals surface area contributed by atoms with Gasteiger partial charge in [-0.2, -0.15) is 0 Å². The lowest BCUT2D eigenvalue weighted by atomic mass is 9.93. The summed E-state index contributed by atoms with van der Waals surface area (Å²) in [5, 5.41) is 0. The van der Waals surface area contributed by atoms with Gasteiger partial charge in [-0.05, 0) is 24.0 Å². The quantitative estimate of drug-likeness (QED) is 0.779. The van der Waals surface area contributed by atoms with Gasteiger partial charge in [-0.3, -0.25) is 4.79 Å². The van der Waals surface area contributed by atoms with Crippen molar-refractivity contribution in [3.63, 3.8) is 0 Å². The first-order valence-electron chi connectivity index (χ1n) is 5.49. The van der Waals surface area contributed by atoms with Crippen LogP contribution in [-0.4, -0.2) is 28.9 Å². The van der Waals surface area contributed by atoms with Crippen LogP contribution in [0.15, 0.2) is 18.3 Å². The van der Waals surface area contributed by atoms with Crippen LogP contribution < -0.4 is 5.73 Å². The third kappa shape index (κ3) is 2.01. The first-order valence-corrected chi connectivity index (χ1v) is 5.49. The molecule has 0 radical (unpaired) electrons. The summed E-state index contributed by atoms with van der Waals surface area (Å²) in [6.07, 6.45) is 2.64. The molecule has 2 rings (SSSR count). The highest BCUT2D eigenvalue weighted by molar-refractivity contribution is 5.97. The molecule has 16 heavy (non-hydrogen) atoms. The predicted octanol–water partition coefficient (Wildman–Crippen LogP) is 1.54. The summed E-state index contributed by atoms with van der Waals surface area (Å²) in [5.74, 6) is -0.0522. The van der Waals surface area contributed by atoms with Crippen molar-refractivity contribution in [2.24, 2.45) is 5.41 Å². The number of anilines is 1. The molecule has 1 aromatic rings. The molecule has 2 heterocycles. The van der Waals surface area contributed by atoms with Gasteiger partial charge in [0.25, 0.3) is 5.91 Å². The zero-order valence-corrected chi connectivity index (χ0v) is 9.73. The lowest BCUT2D eigenvalue weighted by Crippen LogP contribution is -2.31. The number of carbonyl (C=O) groups excluding carboxylic acids is 1. The summed E-state index contributed by atoms with van der Waals surface area (Å²) in [5.41, 5.74) is 6.79. The van der Waals surface area contributed by atoms with Crippen LogP contribution in [0.25, 0.3) is 0 Å². The Morgan fingerprint density at radius 3 is 2.88 bits per heavy atom. The van der Waals surface area contributed by atoms with Crippen molar-refractivity contribution in [3.05, 3.63) is 24.0 Å². The van der Waals surface area contributed by atoms with Crippen LogP contribution >= 0.6 is 0 Å². The summed E-state index contributed by atoms with van der Waals surface area (Å²) in [6.45, 7) is 5.91. The normalized spacial score (nSPS) is 18.8. The molecule has 1 fully saturated rings. The minimum absolute atomic E-state index is 0.0522. The van der Waals surface area contributed by atoms with Crippen LogP contribution in [0.4, 0.5) is 5.69 Å². The van der Waals surface area contributed by atoms with E-state index in [4.69, 9.17) is 5.73 Å². The average Bonchev–Trinajstić information content (AvgIpc) is 2.59. The first-order chi connectivity index (χ1) is 7.49. The number of nitrogens with two attached hydrogens (primary N) is 1. The fraction of sp³-hybridized carbons (Fsp3) is 0.500. The third-order valence-electron chi connectivity index (χ3n) is 3.01. The lowest BCUT2D eigenvalue weighted by molar-refractivity contribution is 0.0773. The van der Waals surface area contributed by atoms with E-state index in [9.17, 15) is 4.79 Å². The molecule has 0 atom stereocenters. The first kappa shape index (κ1) is 10.9. The smallest absolute Gasteiger partial charge is 0.274 e. The highest BCUT2D eigenvalue weighted by Gasteiger charge is 2.33. The van der Waals surface area contributed by atoms with Crippen LogP contribution in [-0.2, 0) is 0 Å². The van der Waals surface area contributed by atoms with Gasteiger partial charge in [0, 0.05) is 19.3 Å². The van der Waals surface area contributed by atoms with Crippen molar-refractivity contribution in [2.45, 2.75) is 20.3 Å². The lowest BCUT2D eigenvalue weighted by Gasteiger charge is -2.19. The molecule has 0 aliphatic carbocycles. The van der Waals surface area contributed by atoms with E-state index < -0.39 is 0 Å². The van der Waals surface area contributed by atoms with Crippen molar-refractivity contribution in [1.82, 2.24) is 9.88 Å². The van der Waals surface area contributed by atoms with Crippen LogP contribution in [0.1, 0.15) is 30.8 Å². The molecule has 1 aromatic heterocycles. The van der Waals surface area contributed by atoms with Gasteiger partial charge in [-0.25, -0.2) is 4.98 Å². The second kappa shape index (κ2) is 3.77. The monoisotopic (exact) mass is 219 g/mol. The highest BCUT2D eigenvalue weighted by Crippen LogP contribution is 2.29. The molecule has 0 spiro atoms. The molecule has 4 nitrogen and oxygen atoms in total. The summed E-state index contributed by atoms with van der Waals surface area (Å²) in [7, 11) is 0. The molecule has 1 saturated heterocycles. The molecule has 0 aromatic carbocycles. The Balaban J connectivity index is 2.18. The van der Waals surface area contributed by atoms with Crippen molar-refractivity contribution in [2.75, 3.05) is 18.8 Å². The molecule has 2 N–H and O–H groups in total. The Morgan fingerprint density at radius 1 is 1.56 bits per heavy atom. The van der Waals surface area contributed by atoms with E-state index in [0.29, 0.717) is 11.4 Å². The SMILES string of the molecule is CC1(C)CCN(C(=O)c2ncccc2N)C1. The van der Waals surface area contributed by atoms with E-state index in [1.807, 2.05) is 4.90 Å². The van der Waals surface area contributed by atoms with E-state index in [1.54, 1.807) is 18.3 Å². The number of hydrogen-bond acceptors (Lipinski definition) is 3. The van der Waals surface area contributed by atoms with Gasteiger partial charge in [0.2, 0.25) is 0 Å². The molecule has 1 aliphatic rings. The summed E-state index contributed by atoms with van der Waals surface area (Å²) < 4.78 is 0. The maximum atomic E-state index is 12.1. The number of rotatable bonds is 1. The zero-order chi connectivity index (χ0) is 11.8. The van der Waals surface area contributed by atoms with Gasteiger partial charge in [0.05, 0.1) is 5.69 Å². The van der Waals surface area contributed by atoms with Crippen molar-refractivity contribution < 1.29 is 4.79 Å². The Kier molecular flexibility index (Phi) is 2.58. The third-order valence-corrected chi connectivity index (χ3v) is 3.01. The molecule has 0 bridgehead atoms. The largest absolute Gasteiger partial charge is 0.397 e. The predicted molar refractivity (Wildman–Crippen MR) is 63.0 cm³/mol. The number of pyridine rings is 1. The second-order valence-electron chi connectivity index (χ2n) is 5.08. The molecule has 0 unspecified atom stereocenters. The van der Waals surface area contributed by atoms with Crippen molar-refractivity contribution >= 4 is 11.6 Å². The van der Waals surface area contributed by atoms with Gasteiger partial charge < -0.3 is 10.6 Å². The van der Waals surface area contributed by atoms with Gasteiger partial charge in [0.15, 0.2) is 5.69 Å². The number of nitrogens with zero attached hydrogens (tertiary/aromatic N) is 2. The van der Waals surface area contributed by atoms with Gasteiger partial charge in [-0.15, -0.1) is 0 Å². The van der Waals surface area contributed by atoms with Gasteiger partial charge >= 0.3 is 0 Å². The number of amides is 1. The van der Waals surface area contributed by atoms with Crippen LogP contribution in [0.2, 0.25) is 0 Å². The molecule has 1 amide bonds. The number of hydrogen-bond donors (Lipinski definition) is 1. The molecular formula is C12H17N3O. The van der Waals surface area contributed by atoms with Crippen LogP contribution in [0, 0.1) is 5.41 Å². The van der Waals surface area contributed by atoms with E-state index in [-0.39, 0.29) is 11.3 Å². The van der Waals surface area contributed by atoms with E-state index >= 15 is 0 Å². The van der Waals surface area contributed by atoms with E-state index in [1.165, 1.54) is 0 Å². The Morgan fingerprint density at radius 2 is 2.31 bits per heavy atom. The Labute approximate surface area is 95.5 Å². The molecular weight excluding hydrogens is 202 g/mol. The van der Waals surface area contributed by atoms with Crippen LogP contribution in [0.3, 0.4) is 0 Å². The molecule has 4 heteroatoms. The minimum atomic E-state index is -0.0522. The fourth-order valence-electron chi connectivity index (χ4n) is 2.03. The summed E-state index contributed by atoms with van der Waals surface area (Å²) in [6, 6.07) is 3.45. The van der Waals surface area contributed by atoms with E-state index in [0.717, 1.165) is 19.5 Å². The van der Waals surface area contributed by atoms with Crippen LogP contribution in [0.5, 0.6) is 0 Å². The zero-order valence-electron chi connectivity index (χ0n) is 9.73. The fourth-order valence-corrected chi connectivity index (χ4v) is 2.03. The Hall–Kier alpha value is -1.58. The molecule has 86 valence electrons. The maximum Gasteiger partial charge on any atom is 0.274 e. The second-order valence-corrected chi connectivity index (χ2v) is 5.08. The number of nitrogen functional groups attached to an aromatic ring is 1. The minimum Gasteiger partial charge on any atom is -0.397 e. The van der Waals surface area contributed by atoms with Gasteiger partial charge in [0.1, 0.15) is 0 Å². The average molecular weight is 219 g/mol. The topological polar surface area (TPSA) is 59.2 Å². The van der Waals surface area contributed by atoms with Crippen molar-refractivity contribution in [1.29, 1.82) is 0 Å². The standard InChI is InChI=1S/C12H17N3O/c1-12(2)5-7-15(8-12)11(16)10-9(13)4-3-6-14-10/h3-4,6H,5,7-8,13H2,1-2H3. The summed E-state index contributed by atoms with van der Waals surface area (Å²) >= 11 is 0. The maximum absolute atomic E-state index is 12.1. The highest BCUT2D eigenvalue weighted by atomic mass is 16.2. The van der Waals surface area contributed by atoms with Gasteiger partial charge in [-0.1, -0.05) is 13.8 Å². The number of carbonyl (C=O) groups is 1. The summed E-state index contributed by atoms with van der Waals surface area (Å²) in [4.78, 5) is 18.0. The van der Waals surface area contributed by atoms with Crippen molar-refractivity contribution in [3.8, 4) is 0 Å². The molecule has 1 aliphatic heterocycles. The number of likely N-dealkylation sites (tertiary alicyclic amines) is 1. The van der Waals surface area contributed by atoms with E-state index in [2.05, 4.69) is 18.8 Å².